The van der Waals surface area contributed by atoms with Crippen LogP contribution in [0.5, 0.6) is 0 Å². The zero-order valence-corrected chi connectivity index (χ0v) is 27.4. The second kappa shape index (κ2) is 29.1. The van der Waals surface area contributed by atoms with Crippen molar-refractivity contribution in [2.75, 3.05) is 5.75 Å². The Morgan fingerprint density at radius 2 is 1.14 bits per heavy atom. The minimum Gasteiger partial charge on any atom is -0.387 e. The van der Waals surface area contributed by atoms with E-state index >= 15 is 0 Å². The largest absolute Gasteiger partial charge is 0.387 e. The van der Waals surface area contributed by atoms with E-state index in [0.717, 1.165) is 57.8 Å². The van der Waals surface area contributed by atoms with Gasteiger partial charge in [0, 0.05) is 6.42 Å². The Hall–Kier alpha value is -1.96. The number of carbonyl (C=O) groups excluding carboxylic acids is 1. The van der Waals surface area contributed by atoms with Crippen LogP contribution in [0.2, 0.25) is 0 Å². The number of allylic oxidation sites excluding steroid dienone is 9. The summed E-state index contributed by atoms with van der Waals surface area (Å²) in [4.78, 5) is 12.4. The van der Waals surface area contributed by atoms with Crippen LogP contribution in [0.25, 0.3) is 0 Å². The molecular formula is C35H61NO5S. The molecule has 0 aromatic carbocycles. The molecule has 0 aliphatic heterocycles. The van der Waals surface area contributed by atoms with Crippen molar-refractivity contribution in [3.63, 3.8) is 0 Å². The molecule has 0 saturated carbocycles. The molecule has 0 aliphatic carbocycles. The van der Waals surface area contributed by atoms with E-state index in [0.29, 0.717) is 6.42 Å². The van der Waals surface area contributed by atoms with Crippen LogP contribution in [-0.4, -0.2) is 41.9 Å². The van der Waals surface area contributed by atoms with Crippen LogP contribution >= 0.6 is 0 Å². The van der Waals surface area contributed by atoms with Gasteiger partial charge in [-0.15, -0.1) is 0 Å². The van der Waals surface area contributed by atoms with E-state index in [1.807, 2.05) is 6.08 Å². The summed E-state index contributed by atoms with van der Waals surface area (Å²) in [6, 6.07) is -1.08. The first-order valence-electron chi connectivity index (χ1n) is 16.5. The Morgan fingerprint density at radius 3 is 1.69 bits per heavy atom. The van der Waals surface area contributed by atoms with Gasteiger partial charge in [0.2, 0.25) is 5.91 Å². The number of hydrogen-bond donors (Lipinski definition) is 3. The lowest BCUT2D eigenvalue weighted by Gasteiger charge is -2.21. The molecule has 6 nitrogen and oxygen atoms in total. The molecule has 0 aromatic heterocycles. The van der Waals surface area contributed by atoms with E-state index in [4.69, 9.17) is 0 Å². The maximum atomic E-state index is 12.4. The smallest absolute Gasteiger partial charge is 0.267 e. The molecule has 0 fully saturated rings. The fraction of sp³-hybridized carbons (Fsp3) is 0.686. The first kappa shape index (κ1) is 40.0. The summed E-state index contributed by atoms with van der Waals surface area (Å²) >= 11 is 0. The van der Waals surface area contributed by atoms with Crippen LogP contribution in [0.4, 0.5) is 0 Å². The normalized spacial score (nSPS) is 14.3. The number of amides is 1. The van der Waals surface area contributed by atoms with Gasteiger partial charge in [-0.2, -0.15) is 8.42 Å². The van der Waals surface area contributed by atoms with Crippen LogP contribution in [0.3, 0.4) is 0 Å². The van der Waals surface area contributed by atoms with E-state index in [9.17, 15) is 22.9 Å². The lowest BCUT2D eigenvalue weighted by atomic mass is 10.1. The van der Waals surface area contributed by atoms with Gasteiger partial charge in [-0.25, -0.2) is 0 Å². The summed E-state index contributed by atoms with van der Waals surface area (Å²) in [5.74, 6) is -1.04. The van der Waals surface area contributed by atoms with Gasteiger partial charge in [-0.3, -0.25) is 9.35 Å². The van der Waals surface area contributed by atoms with Crippen molar-refractivity contribution in [3.8, 4) is 0 Å². The van der Waals surface area contributed by atoms with Crippen molar-refractivity contribution in [3.05, 3.63) is 60.8 Å². The van der Waals surface area contributed by atoms with Crippen LogP contribution in [0, 0.1) is 0 Å². The van der Waals surface area contributed by atoms with E-state index in [1.54, 1.807) is 0 Å². The monoisotopic (exact) mass is 607 g/mol. The van der Waals surface area contributed by atoms with E-state index in [2.05, 4.69) is 67.8 Å². The van der Waals surface area contributed by atoms with Gasteiger partial charge in [0.05, 0.1) is 17.9 Å². The van der Waals surface area contributed by atoms with E-state index < -0.39 is 28.0 Å². The molecule has 0 rings (SSSR count). The zero-order valence-electron chi connectivity index (χ0n) is 26.6. The maximum Gasteiger partial charge on any atom is 0.267 e. The van der Waals surface area contributed by atoms with Gasteiger partial charge in [0.15, 0.2) is 0 Å². The molecular weight excluding hydrogens is 546 g/mol. The highest BCUT2D eigenvalue weighted by Crippen LogP contribution is 2.12. The molecule has 42 heavy (non-hydrogen) atoms. The molecule has 3 N–H and O–H groups in total. The molecule has 242 valence electrons. The van der Waals surface area contributed by atoms with Gasteiger partial charge in [0.25, 0.3) is 10.1 Å². The minimum absolute atomic E-state index is 0.241. The molecule has 1 amide bonds. The highest BCUT2D eigenvalue weighted by Gasteiger charge is 2.24. The lowest BCUT2D eigenvalue weighted by Crippen LogP contribution is -2.46. The predicted molar refractivity (Wildman–Crippen MR) is 179 cm³/mol. The van der Waals surface area contributed by atoms with Crippen LogP contribution in [0.1, 0.15) is 136 Å². The maximum absolute atomic E-state index is 12.4. The van der Waals surface area contributed by atoms with Crippen molar-refractivity contribution in [2.45, 2.75) is 148 Å². The van der Waals surface area contributed by atoms with Crippen LogP contribution in [-0.2, 0) is 14.9 Å². The molecule has 0 bridgehead atoms. The van der Waals surface area contributed by atoms with Crippen molar-refractivity contribution in [2.24, 2.45) is 0 Å². The quantitative estimate of drug-likeness (QED) is 0.0468. The Kier molecular flexibility index (Phi) is 27.8. The van der Waals surface area contributed by atoms with Crippen molar-refractivity contribution < 1.29 is 22.9 Å². The molecule has 2 atom stereocenters. The Balaban J connectivity index is 4.17. The predicted octanol–water partition coefficient (Wildman–Crippen LogP) is 8.95. The average molecular weight is 608 g/mol. The van der Waals surface area contributed by atoms with Crippen molar-refractivity contribution >= 4 is 16.0 Å². The number of nitrogens with one attached hydrogen (secondary N) is 1. The second-order valence-electron chi connectivity index (χ2n) is 11.1. The third-order valence-electron chi connectivity index (χ3n) is 6.95. The molecule has 0 radical (unpaired) electrons. The third kappa shape index (κ3) is 29.5. The van der Waals surface area contributed by atoms with Crippen LogP contribution < -0.4 is 5.32 Å². The number of aliphatic hydroxyl groups excluding tert-OH is 1. The highest BCUT2D eigenvalue weighted by atomic mass is 32.2. The average Bonchev–Trinajstić information content (AvgIpc) is 2.94. The van der Waals surface area contributed by atoms with E-state index in [-0.39, 0.29) is 12.3 Å². The molecule has 0 saturated heterocycles. The molecule has 0 spiro atoms. The summed E-state index contributed by atoms with van der Waals surface area (Å²) in [5.41, 5.74) is 0. The SMILES string of the molecule is CC/C=C\C/C=C\C/C=C\C/C=C\CCCCC(=O)NC(CS(=O)(=O)O)C(O)/C=C/CCCCCCCCCCCC. The molecule has 0 aliphatic rings. The number of unbranched alkanes of at least 4 members (excludes halogenated alkanes) is 12. The summed E-state index contributed by atoms with van der Waals surface area (Å²) in [6.45, 7) is 4.36. The Labute approximate surface area is 258 Å². The number of carbonyl (C=O) groups is 1. The zero-order chi connectivity index (χ0) is 31.2. The first-order valence-corrected chi connectivity index (χ1v) is 18.1. The first-order chi connectivity index (χ1) is 20.3. The van der Waals surface area contributed by atoms with Gasteiger partial charge in [-0.05, 0) is 57.8 Å². The molecule has 2 unspecified atom stereocenters. The van der Waals surface area contributed by atoms with Gasteiger partial charge in [0.1, 0.15) is 0 Å². The van der Waals surface area contributed by atoms with Crippen LogP contribution in [0.15, 0.2) is 60.8 Å². The summed E-state index contributed by atoms with van der Waals surface area (Å²) in [7, 11) is -4.35. The summed E-state index contributed by atoms with van der Waals surface area (Å²) in [6.07, 6.45) is 39.1. The fourth-order valence-corrected chi connectivity index (χ4v) is 5.23. The number of rotatable bonds is 28. The fourth-order valence-electron chi connectivity index (χ4n) is 4.50. The van der Waals surface area contributed by atoms with Crippen molar-refractivity contribution in [1.29, 1.82) is 0 Å². The highest BCUT2D eigenvalue weighted by molar-refractivity contribution is 7.85. The van der Waals surface area contributed by atoms with Gasteiger partial charge in [-0.1, -0.05) is 132 Å². The summed E-state index contributed by atoms with van der Waals surface area (Å²) in [5, 5.41) is 13.1. The lowest BCUT2D eigenvalue weighted by molar-refractivity contribution is -0.122. The minimum atomic E-state index is -4.35. The Bertz CT molecular complexity index is 889. The third-order valence-corrected chi connectivity index (χ3v) is 7.73. The number of aliphatic hydroxyl groups is 1. The standard InChI is InChI=1S/C35H61NO5S/c1-3-5-7-9-11-13-15-17-18-19-21-23-25-27-29-31-35(38)36-33(32-42(39,40)41)34(37)30-28-26-24-22-20-16-14-12-10-8-6-4-2/h5,7,11,13,17-18,21,23,28,30,33-34,37H,3-4,6,8-10,12,14-16,19-20,22,24-27,29,31-32H2,1-2H3,(H,36,38)(H,39,40,41)/b7-5-,13-11-,18-17-,23-21-,30-28+. The van der Waals surface area contributed by atoms with Crippen molar-refractivity contribution in [1.82, 2.24) is 5.32 Å². The second-order valence-corrected chi connectivity index (χ2v) is 12.6. The van der Waals surface area contributed by atoms with Gasteiger partial charge >= 0.3 is 0 Å². The molecule has 0 heterocycles. The van der Waals surface area contributed by atoms with E-state index in [1.165, 1.54) is 57.4 Å². The molecule has 0 aromatic rings. The van der Waals surface area contributed by atoms with Gasteiger partial charge < -0.3 is 10.4 Å². The molecule has 7 heteroatoms. The number of hydrogen-bond acceptors (Lipinski definition) is 4. The topological polar surface area (TPSA) is 104 Å². The Morgan fingerprint density at radius 1 is 0.667 bits per heavy atom. The summed E-state index contributed by atoms with van der Waals surface area (Å²) < 4.78 is 32.2.